The van der Waals surface area contributed by atoms with Gasteiger partial charge < -0.3 is 4.42 Å². The number of hydrogen-bond acceptors (Lipinski definition) is 4. The lowest BCUT2D eigenvalue weighted by Gasteiger charge is -1.97. The highest BCUT2D eigenvalue weighted by molar-refractivity contribution is 5.44. The van der Waals surface area contributed by atoms with Crippen molar-refractivity contribution in [2.75, 3.05) is 0 Å². The summed E-state index contributed by atoms with van der Waals surface area (Å²) in [6, 6.07) is 8.23. The van der Waals surface area contributed by atoms with E-state index in [-0.39, 0.29) is 12.2 Å². The molecular formula is C12H9FN4O. The molecular weight excluding hydrogens is 235 g/mol. The molecule has 5 nitrogen and oxygen atoms in total. The number of halogens is 1. The Bertz CT molecular complexity index is 648. The molecule has 1 aromatic carbocycles. The third kappa shape index (κ3) is 2.00. The van der Waals surface area contributed by atoms with Gasteiger partial charge in [-0.2, -0.15) is 5.10 Å². The van der Waals surface area contributed by atoms with Crippen LogP contribution in [0.5, 0.6) is 0 Å². The molecule has 18 heavy (non-hydrogen) atoms. The Balaban J connectivity index is 1.85. The molecule has 0 atom stereocenters. The summed E-state index contributed by atoms with van der Waals surface area (Å²) < 4.78 is 18.9. The molecule has 0 aliphatic heterocycles. The zero-order chi connectivity index (χ0) is 12.4. The largest absolute Gasteiger partial charge is 0.419 e. The first kappa shape index (κ1) is 10.6. The molecule has 0 aliphatic rings. The van der Waals surface area contributed by atoms with E-state index in [0.29, 0.717) is 23.0 Å². The van der Waals surface area contributed by atoms with Gasteiger partial charge in [0.05, 0.1) is 6.42 Å². The predicted octanol–water partition coefficient (Wildman–Crippen LogP) is 2.19. The van der Waals surface area contributed by atoms with Gasteiger partial charge in [0.1, 0.15) is 11.5 Å². The number of nitrogens with zero attached hydrogens (tertiary/aromatic N) is 3. The summed E-state index contributed by atoms with van der Waals surface area (Å²) in [4.78, 5) is 0. The molecule has 0 aliphatic carbocycles. The number of hydrogen-bond donors (Lipinski definition) is 1. The molecule has 0 bridgehead atoms. The van der Waals surface area contributed by atoms with E-state index in [1.165, 1.54) is 6.07 Å². The van der Waals surface area contributed by atoms with Crippen molar-refractivity contribution in [2.45, 2.75) is 6.42 Å². The van der Waals surface area contributed by atoms with Gasteiger partial charge >= 0.3 is 0 Å². The van der Waals surface area contributed by atoms with Gasteiger partial charge in [-0.1, -0.05) is 18.2 Å². The minimum Gasteiger partial charge on any atom is -0.419 e. The van der Waals surface area contributed by atoms with Crippen LogP contribution in [0.4, 0.5) is 4.39 Å². The van der Waals surface area contributed by atoms with Crippen molar-refractivity contribution in [3.05, 3.63) is 53.8 Å². The fraction of sp³-hybridized carbons (Fsp3) is 0.0833. The lowest BCUT2D eigenvalue weighted by atomic mass is 10.1. The van der Waals surface area contributed by atoms with Gasteiger partial charge in [-0.25, -0.2) is 4.39 Å². The Morgan fingerprint density at radius 3 is 2.83 bits per heavy atom. The van der Waals surface area contributed by atoms with Crippen molar-refractivity contribution >= 4 is 0 Å². The second-order valence-corrected chi connectivity index (χ2v) is 3.74. The fourth-order valence-corrected chi connectivity index (χ4v) is 1.61. The molecule has 3 rings (SSSR count). The number of aromatic amines is 1. The van der Waals surface area contributed by atoms with Crippen LogP contribution in [-0.2, 0) is 6.42 Å². The molecule has 0 saturated heterocycles. The average Bonchev–Trinajstić information content (AvgIpc) is 3.02. The van der Waals surface area contributed by atoms with E-state index in [1.807, 2.05) is 0 Å². The molecule has 0 radical (unpaired) electrons. The molecule has 6 heteroatoms. The Morgan fingerprint density at radius 1 is 1.17 bits per heavy atom. The van der Waals surface area contributed by atoms with E-state index in [4.69, 9.17) is 4.42 Å². The highest BCUT2D eigenvalue weighted by atomic mass is 19.1. The maximum absolute atomic E-state index is 13.4. The Kier molecular flexibility index (Phi) is 2.60. The molecule has 3 aromatic rings. The van der Waals surface area contributed by atoms with Crippen molar-refractivity contribution in [1.82, 2.24) is 20.4 Å². The first-order valence-corrected chi connectivity index (χ1v) is 5.38. The standard InChI is InChI=1S/C12H9FN4O/c13-9-4-2-1-3-8(9)7-11-16-17-12(18-11)10-5-6-14-15-10/h1-6H,7H2,(H,14,15). The highest BCUT2D eigenvalue weighted by Gasteiger charge is 2.11. The van der Waals surface area contributed by atoms with Crippen LogP contribution in [0.3, 0.4) is 0 Å². The monoisotopic (exact) mass is 244 g/mol. The molecule has 1 N–H and O–H groups in total. The summed E-state index contributed by atoms with van der Waals surface area (Å²) >= 11 is 0. The Morgan fingerprint density at radius 2 is 2.06 bits per heavy atom. The SMILES string of the molecule is Fc1ccccc1Cc1nnc(-c2ccn[nH]2)o1. The average molecular weight is 244 g/mol. The van der Waals surface area contributed by atoms with Crippen molar-refractivity contribution < 1.29 is 8.81 Å². The Hall–Kier alpha value is -2.50. The molecule has 0 spiro atoms. The number of aromatic nitrogens is 4. The van der Waals surface area contributed by atoms with Crippen molar-refractivity contribution in [3.8, 4) is 11.6 Å². The van der Waals surface area contributed by atoms with Gasteiger partial charge in [-0.15, -0.1) is 10.2 Å². The van der Waals surface area contributed by atoms with E-state index in [9.17, 15) is 4.39 Å². The van der Waals surface area contributed by atoms with Gasteiger partial charge in [0, 0.05) is 6.20 Å². The van der Waals surface area contributed by atoms with E-state index in [0.717, 1.165) is 0 Å². The summed E-state index contributed by atoms with van der Waals surface area (Å²) in [5, 5.41) is 14.3. The van der Waals surface area contributed by atoms with Crippen LogP contribution < -0.4 is 0 Å². The second-order valence-electron chi connectivity index (χ2n) is 3.74. The molecule has 2 heterocycles. The third-order valence-electron chi connectivity index (χ3n) is 2.50. The number of H-pyrrole nitrogens is 1. The summed E-state index contributed by atoms with van der Waals surface area (Å²) in [6.07, 6.45) is 1.86. The fourth-order valence-electron chi connectivity index (χ4n) is 1.61. The second kappa shape index (κ2) is 4.40. The van der Waals surface area contributed by atoms with Gasteiger partial charge in [-0.3, -0.25) is 5.10 Å². The molecule has 0 unspecified atom stereocenters. The Labute approximate surface area is 102 Å². The van der Waals surface area contributed by atoms with E-state index in [1.54, 1.807) is 30.5 Å². The van der Waals surface area contributed by atoms with Gasteiger partial charge in [0.15, 0.2) is 0 Å². The normalized spacial score (nSPS) is 10.7. The number of benzene rings is 1. The van der Waals surface area contributed by atoms with E-state index in [2.05, 4.69) is 20.4 Å². The van der Waals surface area contributed by atoms with Crippen LogP contribution in [0.25, 0.3) is 11.6 Å². The predicted molar refractivity (Wildman–Crippen MR) is 61.1 cm³/mol. The van der Waals surface area contributed by atoms with Crippen LogP contribution in [0.2, 0.25) is 0 Å². The lowest BCUT2D eigenvalue weighted by Crippen LogP contribution is -1.92. The zero-order valence-electron chi connectivity index (χ0n) is 9.30. The van der Waals surface area contributed by atoms with E-state index < -0.39 is 0 Å². The molecule has 90 valence electrons. The molecule has 0 fully saturated rings. The van der Waals surface area contributed by atoms with Gasteiger partial charge in [0.2, 0.25) is 5.89 Å². The zero-order valence-corrected chi connectivity index (χ0v) is 9.30. The molecule has 0 amide bonds. The first-order valence-electron chi connectivity index (χ1n) is 5.38. The summed E-state index contributed by atoms with van der Waals surface area (Å²) in [5.74, 6) is 0.433. The van der Waals surface area contributed by atoms with E-state index >= 15 is 0 Å². The summed E-state index contributed by atoms with van der Waals surface area (Å²) in [6.45, 7) is 0. The van der Waals surface area contributed by atoms with Crippen molar-refractivity contribution in [2.24, 2.45) is 0 Å². The van der Waals surface area contributed by atoms with Crippen molar-refractivity contribution in [3.63, 3.8) is 0 Å². The maximum atomic E-state index is 13.4. The van der Waals surface area contributed by atoms with Crippen LogP contribution in [0, 0.1) is 5.82 Å². The van der Waals surface area contributed by atoms with Crippen LogP contribution >= 0.6 is 0 Å². The van der Waals surface area contributed by atoms with Crippen molar-refractivity contribution in [1.29, 1.82) is 0 Å². The van der Waals surface area contributed by atoms with Crippen LogP contribution in [-0.4, -0.2) is 20.4 Å². The lowest BCUT2D eigenvalue weighted by molar-refractivity contribution is 0.510. The topological polar surface area (TPSA) is 67.6 Å². The summed E-state index contributed by atoms with van der Waals surface area (Å²) in [5.41, 5.74) is 1.17. The maximum Gasteiger partial charge on any atom is 0.265 e. The van der Waals surface area contributed by atoms with Crippen LogP contribution in [0.15, 0.2) is 40.9 Å². The van der Waals surface area contributed by atoms with Crippen LogP contribution in [0.1, 0.15) is 11.5 Å². The first-order chi connectivity index (χ1) is 8.83. The minimum absolute atomic E-state index is 0.272. The summed E-state index contributed by atoms with van der Waals surface area (Å²) in [7, 11) is 0. The molecule has 2 aromatic heterocycles. The third-order valence-corrected chi connectivity index (χ3v) is 2.50. The smallest absolute Gasteiger partial charge is 0.265 e. The number of nitrogens with one attached hydrogen (secondary N) is 1. The minimum atomic E-state index is -0.279. The van der Waals surface area contributed by atoms with Gasteiger partial charge in [0.25, 0.3) is 5.89 Å². The quantitative estimate of drug-likeness (QED) is 0.766. The van der Waals surface area contributed by atoms with Gasteiger partial charge in [-0.05, 0) is 17.7 Å². The highest BCUT2D eigenvalue weighted by Crippen LogP contribution is 2.17. The molecule has 0 saturated carbocycles. The number of rotatable bonds is 3.